The second-order valence-corrected chi connectivity index (χ2v) is 4.80. The van der Waals surface area contributed by atoms with Crippen LogP contribution < -0.4 is 0 Å². The van der Waals surface area contributed by atoms with Gasteiger partial charge in [-0.15, -0.1) is 11.8 Å². The molecule has 1 aromatic carbocycles. The second kappa shape index (κ2) is 6.91. The lowest BCUT2D eigenvalue weighted by atomic mass is 10.1. The van der Waals surface area contributed by atoms with Crippen LogP contribution in [0, 0.1) is 0 Å². The van der Waals surface area contributed by atoms with Crippen LogP contribution in [0.15, 0.2) is 29.2 Å². The zero-order chi connectivity index (χ0) is 11.1. The van der Waals surface area contributed by atoms with Gasteiger partial charge in [0.2, 0.25) is 0 Å². The molecular formula is C13H20OS. The van der Waals surface area contributed by atoms with E-state index < -0.39 is 0 Å². The molecule has 0 aromatic heterocycles. The van der Waals surface area contributed by atoms with Crippen LogP contribution in [0.25, 0.3) is 0 Å². The fraction of sp³-hybridized carbons (Fsp3) is 0.538. The third-order valence-corrected chi connectivity index (χ3v) is 3.60. The monoisotopic (exact) mass is 224 g/mol. The van der Waals surface area contributed by atoms with Gasteiger partial charge < -0.3 is 5.11 Å². The average Bonchev–Trinajstić information content (AvgIpc) is 2.29. The highest BCUT2D eigenvalue weighted by Gasteiger charge is 2.09. The van der Waals surface area contributed by atoms with E-state index in [1.54, 1.807) is 0 Å². The quantitative estimate of drug-likeness (QED) is 0.581. The van der Waals surface area contributed by atoms with E-state index in [0.29, 0.717) is 0 Å². The van der Waals surface area contributed by atoms with E-state index in [1.165, 1.54) is 17.7 Å². The molecule has 1 N–H and O–H groups in total. The van der Waals surface area contributed by atoms with Gasteiger partial charge >= 0.3 is 0 Å². The van der Waals surface area contributed by atoms with E-state index in [0.717, 1.165) is 17.7 Å². The third-order valence-electron chi connectivity index (χ3n) is 2.42. The van der Waals surface area contributed by atoms with Gasteiger partial charge in [0.25, 0.3) is 0 Å². The minimum atomic E-state index is -0.310. The van der Waals surface area contributed by atoms with E-state index in [1.807, 2.05) is 36.9 Å². The van der Waals surface area contributed by atoms with Gasteiger partial charge in [0.05, 0.1) is 6.10 Å². The van der Waals surface area contributed by atoms with E-state index in [9.17, 15) is 5.11 Å². The maximum Gasteiger partial charge on any atom is 0.0798 e. The van der Waals surface area contributed by atoms with Crippen molar-refractivity contribution in [2.24, 2.45) is 0 Å². The predicted octanol–water partition coefficient (Wildman–Crippen LogP) is 4.02. The fourth-order valence-corrected chi connectivity index (χ4v) is 2.63. The Morgan fingerprint density at radius 1 is 1.27 bits per heavy atom. The Hall–Kier alpha value is -0.470. The van der Waals surface area contributed by atoms with Crippen molar-refractivity contribution >= 4 is 11.8 Å². The first kappa shape index (κ1) is 12.6. The lowest BCUT2D eigenvalue weighted by Gasteiger charge is -2.13. The Bertz CT molecular complexity index is 286. The van der Waals surface area contributed by atoms with Gasteiger partial charge in [-0.1, -0.05) is 38.5 Å². The summed E-state index contributed by atoms with van der Waals surface area (Å²) in [5.74, 6) is 1.14. The van der Waals surface area contributed by atoms with Crippen LogP contribution in [0.5, 0.6) is 0 Å². The zero-order valence-corrected chi connectivity index (χ0v) is 10.4. The predicted molar refractivity (Wildman–Crippen MR) is 67.3 cm³/mol. The molecule has 0 saturated heterocycles. The van der Waals surface area contributed by atoms with Crippen molar-refractivity contribution in [2.45, 2.75) is 44.1 Å². The average molecular weight is 224 g/mol. The van der Waals surface area contributed by atoms with Crippen LogP contribution in [0.2, 0.25) is 0 Å². The number of aliphatic hydroxyl groups excluding tert-OH is 1. The standard InChI is InChI=1S/C13H20OS/c1-3-5-10-15-13-9-7-6-8-11(13)12(14)4-2/h6-9,12,14H,3-5,10H2,1-2H3/t12-/m0/s1. The van der Waals surface area contributed by atoms with Gasteiger partial charge in [-0.05, 0) is 30.2 Å². The molecule has 2 heteroatoms. The summed E-state index contributed by atoms with van der Waals surface area (Å²) in [5.41, 5.74) is 1.08. The Labute approximate surface area is 96.9 Å². The molecule has 0 bridgehead atoms. The fourth-order valence-electron chi connectivity index (χ4n) is 1.43. The molecule has 0 amide bonds. The highest BCUT2D eigenvalue weighted by Crippen LogP contribution is 2.29. The molecule has 1 rings (SSSR count). The molecule has 1 nitrogen and oxygen atoms in total. The maximum atomic E-state index is 9.85. The number of unbranched alkanes of at least 4 members (excludes halogenated alkanes) is 1. The van der Waals surface area contributed by atoms with Crippen LogP contribution in [0.3, 0.4) is 0 Å². The Balaban J connectivity index is 2.68. The smallest absolute Gasteiger partial charge is 0.0798 e. The van der Waals surface area contributed by atoms with Gasteiger partial charge in [-0.2, -0.15) is 0 Å². The lowest BCUT2D eigenvalue weighted by Crippen LogP contribution is -1.97. The van der Waals surface area contributed by atoms with Crippen LogP contribution in [0.1, 0.15) is 44.8 Å². The zero-order valence-electron chi connectivity index (χ0n) is 9.57. The van der Waals surface area contributed by atoms with Gasteiger partial charge in [0.15, 0.2) is 0 Å². The Morgan fingerprint density at radius 3 is 2.67 bits per heavy atom. The summed E-state index contributed by atoms with van der Waals surface area (Å²) in [6.45, 7) is 4.21. The summed E-state index contributed by atoms with van der Waals surface area (Å²) >= 11 is 1.86. The summed E-state index contributed by atoms with van der Waals surface area (Å²) in [5, 5.41) is 9.85. The van der Waals surface area contributed by atoms with E-state index in [-0.39, 0.29) is 6.10 Å². The minimum absolute atomic E-state index is 0.310. The number of hydrogen-bond acceptors (Lipinski definition) is 2. The highest BCUT2D eigenvalue weighted by molar-refractivity contribution is 7.99. The topological polar surface area (TPSA) is 20.2 Å². The number of benzene rings is 1. The van der Waals surface area contributed by atoms with Crippen molar-refractivity contribution in [2.75, 3.05) is 5.75 Å². The van der Waals surface area contributed by atoms with Crippen molar-refractivity contribution in [3.05, 3.63) is 29.8 Å². The van der Waals surface area contributed by atoms with Crippen molar-refractivity contribution in [3.8, 4) is 0 Å². The van der Waals surface area contributed by atoms with E-state index in [2.05, 4.69) is 13.0 Å². The number of aliphatic hydroxyl groups is 1. The lowest BCUT2D eigenvalue weighted by molar-refractivity contribution is 0.171. The minimum Gasteiger partial charge on any atom is -0.388 e. The van der Waals surface area contributed by atoms with Crippen LogP contribution in [-0.4, -0.2) is 10.9 Å². The van der Waals surface area contributed by atoms with Crippen LogP contribution in [0.4, 0.5) is 0 Å². The first-order valence-corrected chi connectivity index (χ1v) is 6.68. The van der Waals surface area contributed by atoms with E-state index in [4.69, 9.17) is 0 Å². The van der Waals surface area contributed by atoms with Crippen LogP contribution >= 0.6 is 11.8 Å². The molecule has 0 heterocycles. The molecular weight excluding hydrogens is 204 g/mol. The highest BCUT2D eigenvalue weighted by atomic mass is 32.2. The summed E-state index contributed by atoms with van der Waals surface area (Å²) < 4.78 is 0. The van der Waals surface area contributed by atoms with Crippen molar-refractivity contribution in [3.63, 3.8) is 0 Å². The molecule has 0 spiro atoms. The number of thioether (sulfide) groups is 1. The summed E-state index contributed by atoms with van der Waals surface area (Å²) in [6, 6.07) is 8.18. The van der Waals surface area contributed by atoms with Gasteiger partial charge in [0.1, 0.15) is 0 Å². The summed E-state index contributed by atoms with van der Waals surface area (Å²) in [4.78, 5) is 1.24. The van der Waals surface area contributed by atoms with Gasteiger partial charge in [0, 0.05) is 4.90 Å². The number of rotatable bonds is 6. The molecule has 0 radical (unpaired) electrons. The first-order valence-electron chi connectivity index (χ1n) is 5.69. The molecule has 0 fully saturated rings. The normalized spacial score (nSPS) is 12.7. The molecule has 15 heavy (non-hydrogen) atoms. The molecule has 0 aliphatic carbocycles. The first-order chi connectivity index (χ1) is 7.29. The Morgan fingerprint density at radius 2 is 2.00 bits per heavy atom. The summed E-state index contributed by atoms with van der Waals surface area (Å²) in [6.07, 6.45) is 2.94. The largest absolute Gasteiger partial charge is 0.388 e. The van der Waals surface area contributed by atoms with Crippen molar-refractivity contribution in [1.82, 2.24) is 0 Å². The second-order valence-electron chi connectivity index (χ2n) is 3.66. The van der Waals surface area contributed by atoms with Gasteiger partial charge in [-0.3, -0.25) is 0 Å². The third kappa shape index (κ3) is 3.88. The SMILES string of the molecule is CCCCSc1ccccc1[C@@H](O)CC. The Kier molecular flexibility index (Phi) is 5.81. The molecule has 0 saturated carbocycles. The van der Waals surface area contributed by atoms with E-state index >= 15 is 0 Å². The molecule has 0 aliphatic heterocycles. The van der Waals surface area contributed by atoms with Crippen LogP contribution in [-0.2, 0) is 0 Å². The van der Waals surface area contributed by atoms with Crippen molar-refractivity contribution in [1.29, 1.82) is 0 Å². The van der Waals surface area contributed by atoms with Gasteiger partial charge in [-0.25, -0.2) is 0 Å². The molecule has 1 atom stereocenters. The molecule has 0 aliphatic rings. The number of hydrogen-bond donors (Lipinski definition) is 1. The van der Waals surface area contributed by atoms with Crippen molar-refractivity contribution < 1.29 is 5.11 Å². The molecule has 0 unspecified atom stereocenters. The molecule has 1 aromatic rings. The molecule has 84 valence electrons. The summed E-state index contributed by atoms with van der Waals surface area (Å²) in [7, 11) is 0. The maximum absolute atomic E-state index is 9.85.